The zero-order valence-corrected chi connectivity index (χ0v) is 23.8. The van der Waals surface area contributed by atoms with Gasteiger partial charge in [0.2, 0.25) is 5.88 Å². The molecule has 38 heavy (non-hydrogen) atoms. The second-order valence-electron chi connectivity index (χ2n) is 10.5. The van der Waals surface area contributed by atoms with Gasteiger partial charge in [-0.25, -0.2) is 4.98 Å². The molecular formula is C34H41N3O. The Balaban J connectivity index is 2.10. The SMILES string of the molecule is C=CC(CCN(C)C)(c1cc(CC)nc(OC)c1)C(c1ccccc1)c1cc2cc(C)ccc2nc1CC. The average Bonchev–Trinajstić information content (AvgIpc) is 2.94. The topological polar surface area (TPSA) is 38.2 Å². The number of pyridine rings is 2. The predicted octanol–water partition coefficient (Wildman–Crippen LogP) is 7.28. The molecule has 0 fully saturated rings. The van der Waals surface area contributed by atoms with E-state index in [-0.39, 0.29) is 5.92 Å². The smallest absolute Gasteiger partial charge is 0.213 e. The standard InChI is InChI=1S/C34H41N3O/c1-8-28-22-27(23-32(35-28)38-7)34(10-3,18-19-37(5)6)33(25-14-12-11-13-15-25)29-21-26-20-24(4)16-17-31(26)36-30(29)9-2/h10-17,20-23,33H,3,8-9,18-19H2,1-2,4-7H3. The number of benzene rings is 2. The summed E-state index contributed by atoms with van der Waals surface area (Å²) in [6.45, 7) is 11.9. The quantitative estimate of drug-likeness (QED) is 0.200. The Kier molecular flexibility index (Phi) is 8.63. The van der Waals surface area contributed by atoms with Gasteiger partial charge in [-0.05, 0) is 87.8 Å². The first-order valence-electron chi connectivity index (χ1n) is 13.6. The van der Waals surface area contributed by atoms with E-state index in [9.17, 15) is 0 Å². The fourth-order valence-electron chi connectivity index (χ4n) is 5.60. The molecule has 0 aliphatic heterocycles. The Morgan fingerprint density at radius 3 is 2.37 bits per heavy atom. The summed E-state index contributed by atoms with van der Waals surface area (Å²) < 4.78 is 5.70. The van der Waals surface area contributed by atoms with Gasteiger partial charge in [-0.2, -0.15) is 0 Å². The normalized spacial score (nSPS) is 13.9. The maximum absolute atomic E-state index is 5.70. The third kappa shape index (κ3) is 5.51. The predicted molar refractivity (Wildman–Crippen MR) is 159 cm³/mol. The first-order chi connectivity index (χ1) is 18.3. The lowest BCUT2D eigenvalue weighted by Crippen LogP contribution is -2.36. The molecule has 0 aliphatic carbocycles. The highest BCUT2D eigenvalue weighted by Gasteiger charge is 2.41. The van der Waals surface area contributed by atoms with Crippen molar-refractivity contribution in [1.29, 1.82) is 0 Å². The zero-order chi connectivity index (χ0) is 27.3. The van der Waals surface area contributed by atoms with Crippen LogP contribution in [0.5, 0.6) is 5.88 Å². The maximum atomic E-state index is 5.70. The molecular weight excluding hydrogens is 466 g/mol. The number of fused-ring (bicyclic) bond motifs is 1. The van der Waals surface area contributed by atoms with Crippen molar-refractivity contribution < 1.29 is 4.74 Å². The highest BCUT2D eigenvalue weighted by atomic mass is 16.5. The van der Waals surface area contributed by atoms with Gasteiger partial charge < -0.3 is 9.64 Å². The van der Waals surface area contributed by atoms with Gasteiger partial charge in [0.15, 0.2) is 0 Å². The minimum atomic E-state index is -0.422. The van der Waals surface area contributed by atoms with Gasteiger partial charge in [-0.15, -0.1) is 6.58 Å². The lowest BCUT2D eigenvalue weighted by atomic mass is 9.62. The first kappa shape index (κ1) is 27.5. The van der Waals surface area contributed by atoms with Gasteiger partial charge in [0.05, 0.1) is 12.6 Å². The van der Waals surface area contributed by atoms with Crippen LogP contribution in [0.1, 0.15) is 59.8 Å². The van der Waals surface area contributed by atoms with Crippen LogP contribution in [0.25, 0.3) is 10.9 Å². The largest absolute Gasteiger partial charge is 0.481 e. The molecule has 4 aromatic rings. The molecule has 0 saturated carbocycles. The van der Waals surface area contributed by atoms with Crippen molar-refractivity contribution in [3.63, 3.8) is 0 Å². The summed E-state index contributed by atoms with van der Waals surface area (Å²) in [5.74, 6) is 0.649. The number of hydrogen-bond donors (Lipinski definition) is 0. The molecule has 0 N–H and O–H groups in total. The number of aromatic nitrogens is 2. The summed E-state index contributed by atoms with van der Waals surface area (Å²) in [6, 6.07) is 24.1. The van der Waals surface area contributed by atoms with Gasteiger partial charge in [0.25, 0.3) is 0 Å². The van der Waals surface area contributed by atoms with Crippen LogP contribution in [-0.4, -0.2) is 42.6 Å². The van der Waals surface area contributed by atoms with Crippen molar-refractivity contribution in [3.05, 3.63) is 113 Å². The second-order valence-corrected chi connectivity index (χ2v) is 10.5. The second kappa shape index (κ2) is 11.9. The summed E-state index contributed by atoms with van der Waals surface area (Å²) in [7, 11) is 5.96. The van der Waals surface area contributed by atoms with E-state index < -0.39 is 5.41 Å². The molecule has 0 aliphatic rings. The van der Waals surface area contributed by atoms with E-state index in [4.69, 9.17) is 14.7 Å². The van der Waals surface area contributed by atoms with E-state index in [2.05, 4.69) is 119 Å². The molecule has 2 unspecified atom stereocenters. The van der Waals surface area contributed by atoms with Crippen LogP contribution in [-0.2, 0) is 18.3 Å². The van der Waals surface area contributed by atoms with E-state index in [1.165, 1.54) is 27.6 Å². The van der Waals surface area contributed by atoms with Gasteiger partial charge in [-0.3, -0.25) is 4.98 Å². The number of rotatable bonds is 11. The monoisotopic (exact) mass is 507 g/mol. The molecule has 0 radical (unpaired) electrons. The Hall–Kier alpha value is -3.50. The van der Waals surface area contributed by atoms with Gasteiger partial charge in [-0.1, -0.05) is 61.9 Å². The molecule has 0 bridgehead atoms. The average molecular weight is 508 g/mol. The third-order valence-corrected chi connectivity index (χ3v) is 7.68. The number of methoxy groups -OCH3 is 1. The van der Waals surface area contributed by atoms with Crippen LogP contribution in [0.2, 0.25) is 0 Å². The highest BCUT2D eigenvalue weighted by Crippen LogP contribution is 2.49. The summed E-state index contributed by atoms with van der Waals surface area (Å²) in [4.78, 5) is 12.2. The summed E-state index contributed by atoms with van der Waals surface area (Å²) >= 11 is 0. The number of aryl methyl sites for hydroxylation is 3. The van der Waals surface area contributed by atoms with Crippen LogP contribution < -0.4 is 4.74 Å². The molecule has 2 atom stereocenters. The number of nitrogens with zero attached hydrogens (tertiary/aromatic N) is 3. The summed E-state index contributed by atoms with van der Waals surface area (Å²) in [5, 5.41) is 1.17. The molecule has 0 spiro atoms. The highest BCUT2D eigenvalue weighted by molar-refractivity contribution is 5.81. The lowest BCUT2D eigenvalue weighted by Gasteiger charge is -2.41. The van der Waals surface area contributed by atoms with E-state index in [0.29, 0.717) is 5.88 Å². The van der Waals surface area contributed by atoms with Crippen LogP contribution in [0.3, 0.4) is 0 Å². The van der Waals surface area contributed by atoms with Crippen LogP contribution >= 0.6 is 0 Å². The van der Waals surface area contributed by atoms with Crippen molar-refractivity contribution in [2.45, 2.75) is 51.4 Å². The third-order valence-electron chi connectivity index (χ3n) is 7.68. The Bertz CT molecular complexity index is 1370. The van der Waals surface area contributed by atoms with E-state index in [1.54, 1.807) is 7.11 Å². The maximum Gasteiger partial charge on any atom is 0.213 e. The van der Waals surface area contributed by atoms with Crippen molar-refractivity contribution in [3.8, 4) is 5.88 Å². The fourth-order valence-corrected chi connectivity index (χ4v) is 5.60. The molecule has 4 rings (SSSR count). The van der Waals surface area contributed by atoms with E-state index in [1.807, 2.05) is 0 Å². The first-order valence-corrected chi connectivity index (χ1v) is 13.6. The van der Waals surface area contributed by atoms with Gasteiger partial charge >= 0.3 is 0 Å². The number of hydrogen-bond acceptors (Lipinski definition) is 4. The van der Waals surface area contributed by atoms with Crippen molar-refractivity contribution in [1.82, 2.24) is 14.9 Å². The Morgan fingerprint density at radius 2 is 1.74 bits per heavy atom. The van der Waals surface area contributed by atoms with E-state index >= 15 is 0 Å². The van der Waals surface area contributed by atoms with Crippen LogP contribution in [0, 0.1) is 6.92 Å². The minimum Gasteiger partial charge on any atom is -0.481 e. The molecule has 2 heterocycles. The fraction of sp³-hybridized carbons (Fsp3) is 0.353. The van der Waals surface area contributed by atoms with Crippen molar-refractivity contribution in [2.24, 2.45) is 0 Å². The van der Waals surface area contributed by atoms with Crippen molar-refractivity contribution >= 4 is 10.9 Å². The molecule has 0 amide bonds. The molecule has 2 aromatic heterocycles. The molecule has 198 valence electrons. The Labute approximate surface area is 228 Å². The van der Waals surface area contributed by atoms with Crippen LogP contribution in [0.4, 0.5) is 0 Å². The summed E-state index contributed by atoms with van der Waals surface area (Å²) in [5.41, 5.74) is 7.69. The lowest BCUT2D eigenvalue weighted by molar-refractivity contribution is 0.328. The van der Waals surface area contributed by atoms with E-state index in [0.717, 1.165) is 42.7 Å². The zero-order valence-electron chi connectivity index (χ0n) is 23.8. The minimum absolute atomic E-state index is 0.00493. The number of allylic oxidation sites excluding steroid dienone is 1. The van der Waals surface area contributed by atoms with Crippen LogP contribution in [0.15, 0.2) is 79.4 Å². The molecule has 4 heteroatoms. The van der Waals surface area contributed by atoms with Crippen molar-refractivity contribution in [2.75, 3.05) is 27.7 Å². The summed E-state index contributed by atoms with van der Waals surface area (Å²) in [6.07, 6.45) is 4.73. The number of ether oxygens (including phenoxy) is 1. The van der Waals surface area contributed by atoms with Gasteiger partial charge in [0, 0.05) is 34.2 Å². The molecule has 4 nitrogen and oxygen atoms in total. The molecule has 2 aromatic carbocycles. The Morgan fingerprint density at radius 1 is 0.974 bits per heavy atom. The molecule has 0 saturated heterocycles. The van der Waals surface area contributed by atoms with Gasteiger partial charge in [0.1, 0.15) is 0 Å².